The Labute approximate surface area is 110 Å². The van der Waals surface area contributed by atoms with E-state index in [1.165, 1.54) is 6.07 Å². The van der Waals surface area contributed by atoms with Crippen molar-refractivity contribution in [3.8, 4) is 11.5 Å². The Kier molecular flexibility index (Phi) is 3.68. The maximum Gasteiger partial charge on any atom is 0.166 e. The molecule has 0 aromatic heterocycles. The smallest absolute Gasteiger partial charge is 0.166 e. The van der Waals surface area contributed by atoms with E-state index >= 15 is 0 Å². The molecule has 92 valence electrons. The van der Waals surface area contributed by atoms with Crippen molar-refractivity contribution in [2.75, 3.05) is 0 Å². The fourth-order valence-electron chi connectivity index (χ4n) is 1.53. The summed E-state index contributed by atoms with van der Waals surface area (Å²) in [7, 11) is 0. The molecule has 0 saturated heterocycles. The summed E-state index contributed by atoms with van der Waals surface area (Å²) in [5, 5.41) is 0.657. The van der Waals surface area contributed by atoms with Crippen LogP contribution in [0.5, 0.6) is 11.5 Å². The second-order valence-corrected chi connectivity index (χ2v) is 4.31. The summed E-state index contributed by atoms with van der Waals surface area (Å²) in [6.45, 7) is 5.45. The van der Waals surface area contributed by atoms with Crippen molar-refractivity contribution in [2.45, 2.75) is 6.92 Å². The second kappa shape index (κ2) is 5.23. The van der Waals surface area contributed by atoms with E-state index in [0.717, 1.165) is 5.56 Å². The summed E-state index contributed by atoms with van der Waals surface area (Å²) in [4.78, 5) is 0. The Morgan fingerprint density at radius 1 is 1.22 bits per heavy atom. The molecule has 0 spiro atoms. The van der Waals surface area contributed by atoms with E-state index in [1.807, 2.05) is 6.92 Å². The van der Waals surface area contributed by atoms with Crippen LogP contribution in [0, 0.1) is 12.7 Å². The van der Waals surface area contributed by atoms with Gasteiger partial charge in [0.2, 0.25) is 0 Å². The highest BCUT2D eigenvalue weighted by Gasteiger charge is 2.06. The Morgan fingerprint density at radius 2 is 2.00 bits per heavy atom. The van der Waals surface area contributed by atoms with Gasteiger partial charge in [-0.25, -0.2) is 4.39 Å². The highest BCUT2D eigenvalue weighted by Crippen LogP contribution is 2.28. The van der Waals surface area contributed by atoms with Crippen molar-refractivity contribution < 1.29 is 9.13 Å². The summed E-state index contributed by atoms with van der Waals surface area (Å²) in [5.41, 5.74) is 1.60. The molecule has 1 nitrogen and oxygen atoms in total. The van der Waals surface area contributed by atoms with Crippen LogP contribution in [0.4, 0.5) is 4.39 Å². The predicted molar refractivity (Wildman–Crippen MR) is 72.8 cm³/mol. The fraction of sp³-hybridized carbons (Fsp3) is 0.0667. The number of hydrogen-bond donors (Lipinski definition) is 0. The lowest BCUT2D eigenvalue weighted by Gasteiger charge is -2.08. The summed E-state index contributed by atoms with van der Waals surface area (Å²) < 4.78 is 19.2. The lowest BCUT2D eigenvalue weighted by molar-refractivity contribution is 0.442. The standard InChI is InChI=1S/C15H12ClFO/c1-3-11-4-7-15(14(17)9-11)18-12-5-6-13(16)10(2)8-12/h3-9H,1H2,2H3. The van der Waals surface area contributed by atoms with Crippen LogP contribution in [-0.4, -0.2) is 0 Å². The molecule has 0 aliphatic rings. The van der Waals surface area contributed by atoms with Crippen LogP contribution in [0.25, 0.3) is 6.08 Å². The van der Waals surface area contributed by atoms with Crippen LogP contribution in [0.2, 0.25) is 5.02 Å². The molecule has 2 aromatic rings. The third kappa shape index (κ3) is 2.71. The quantitative estimate of drug-likeness (QED) is 0.737. The first-order valence-electron chi connectivity index (χ1n) is 5.46. The van der Waals surface area contributed by atoms with Crippen molar-refractivity contribution in [3.05, 3.63) is 64.9 Å². The van der Waals surface area contributed by atoms with Crippen LogP contribution >= 0.6 is 11.6 Å². The van der Waals surface area contributed by atoms with E-state index in [4.69, 9.17) is 16.3 Å². The van der Waals surface area contributed by atoms with Gasteiger partial charge in [-0.15, -0.1) is 0 Å². The van der Waals surface area contributed by atoms with Gasteiger partial charge in [0.25, 0.3) is 0 Å². The molecule has 0 heterocycles. The molecule has 2 aromatic carbocycles. The summed E-state index contributed by atoms with van der Waals surface area (Å²) >= 11 is 5.91. The van der Waals surface area contributed by atoms with Gasteiger partial charge in [-0.1, -0.05) is 30.3 Å². The zero-order valence-electron chi connectivity index (χ0n) is 9.91. The Bertz CT molecular complexity index is 593. The van der Waals surface area contributed by atoms with Gasteiger partial charge < -0.3 is 4.74 Å². The molecule has 0 unspecified atom stereocenters. The van der Waals surface area contributed by atoms with Crippen molar-refractivity contribution in [3.63, 3.8) is 0 Å². The second-order valence-electron chi connectivity index (χ2n) is 3.91. The molecule has 0 atom stereocenters. The van der Waals surface area contributed by atoms with Crippen molar-refractivity contribution in [1.82, 2.24) is 0 Å². The van der Waals surface area contributed by atoms with Gasteiger partial charge in [-0.3, -0.25) is 0 Å². The first-order chi connectivity index (χ1) is 8.60. The van der Waals surface area contributed by atoms with Gasteiger partial charge >= 0.3 is 0 Å². The molecular formula is C15H12ClFO. The first kappa shape index (κ1) is 12.7. The van der Waals surface area contributed by atoms with E-state index < -0.39 is 5.82 Å². The minimum Gasteiger partial charge on any atom is -0.454 e. The first-order valence-corrected chi connectivity index (χ1v) is 5.84. The number of halogens is 2. The third-order valence-electron chi connectivity index (χ3n) is 2.55. The van der Waals surface area contributed by atoms with E-state index in [2.05, 4.69) is 6.58 Å². The number of benzene rings is 2. The van der Waals surface area contributed by atoms with Crippen LogP contribution in [0.1, 0.15) is 11.1 Å². The minimum absolute atomic E-state index is 0.183. The summed E-state index contributed by atoms with van der Waals surface area (Å²) in [5.74, 6) is 0.324. The number of hydrogen-bond acceptors (Lipinski definition) is 1. The molecule has 0 bridgehead atoms. The molecule has 2 rings (SSSR count). The Balaban J connectivity index is 2.28. The van der Waals surface area contributed by atoms with Gasteiger partial charge in [0.15, 0.2) is 11.6 Å². The van der Waals surface area contributed by atoms with Crippen LogP contribution in [0.15, 0.2) is 43.0 Å². The normalized spacial score (nSPS) is 10.2. The van der Waals surface area contributed by atoms with Crippen LogP contribution < -0.4 is 4.74 Å². The van der Waals surface area contributed by atoms with Crippen molar-refractivity contribution in [1.29, 1.82) is 0 Å². The van der Waals surface area contributed by atoms with Gasteiger partial charge in [-0.2, -0.15) is 0 Å². The third-order valence-corrected chi connectivity index (χ3v) is 2.97. The summed E-state index contributed by atoms with van der Waals surface area (Å²) in [6, 6.07) is 9.90. The molecule has 0 aliphatic carbocycles. The minimum atomic E-state index is -0.417. The highest BCUT2D eigenvalue weighted by atomic mass is 35.5. The predicted octanol–water partition coefficient (Wildman–Crippen LogP) is 5.22. The molecule has 0 saturated carbocycles. The number of aryl methyl sites for hydroxylation is 1. The molecular weight excluding hydrogens is 251 g/mol. The topological polar surface area (TPSA) is 9.23 Å². The molecule has 3 heteroatoms. The molecule has 18 heavy (non-hydrogen) atoms. The summed E-state index contributed by atoms with van der Waals surface area (Å²) in [6.07, 6.45) is 1.58. The zero-order chi connectivity index (χ0) is 13.1. The average Bonchev–Trinajstić information content (AvgIpc) is 2.36. The number of ether oxygens (including phenoxy) is 1. The number of rotatable bonds is 3. The molecule has 0 N–H and O–H groups in total. The van der Waals surface area contributed by atoms with Crippen LogP contribution in [0.3, 0.4) is 0 Å². The maximum absolute atomic E-state index is 13.7. The lowest BCUT2D eigenvalue weighted by Crippen LogP contribution is -1.89. The molecule has 0 radical (unpaired) electrons. The zero-order valence-corrected chi connectivity index (χ0v) is 10.7. The Hall–Kier alpha value is -1.80. The van der Waals surface area contributed by atoms with E-state index in [9.17, 15) is 4.39 Å². The average molecular weight is 263 g/mol. The SMILES string of the molecule is C=Cc1ccc(Oc2ccc(Cl)c(C)c2)c(F)c1. The van der Waals surface area contributed by atoms with E-state index in [1.54, 1.807) is 36.4 Å². The van der Waals surface area contributed by atoms with Gasteiger partial charge in [-0.05, 0) is 48.4 Å². The highest BCUT2D eigenvalue weighted by molar-refractivity contribution is 6.31. The largest absolute Gasteiger partial charge is 0.454 e. The van der Waals surface area contributed by atoms with E-state index in [-0.39, 0.29) is 5.75 Å². The van der Waals surface area contributed by atoms with Crippen LogP contribution in [-0.2, 0) is 0 Å². The molecule has 0 aliphatic heterocycles. The molecule has 0 amide bonds. The molecule has 0 fully saturated rings. The van der Waals surface area contributed by atoms with Crippen molar-refractivity contribution in [2.24, 2.45) is 0 Å². The van der Waals surface area contributed by atoms with Gasteiger partial charge in [0.1, 0.15) is 5.75 Å². The van der Waals surface area contributed by atoms with Gasteiger partial charge in [0.05, 0.1) is 0 Å². The van der Waals surface area contributed by atoms with Gasteiger partial charge in [0, 0.05) is 5.02 Å². The van der Waals surface area contributed by atoms with E-state index in [0.29, 0.717) is 16.3 Å². The Morgan fingerprint density at radius 3 is 2.61 bits per heavy atom. The maximum atomic E-state index is 13.7. The monoisotopic (exact) mass is 262 g/mol. The fourth-order valence-corrected chi connectivity index (χ4v) is 1.65. The van der Waals surface area contributed by atoms with Crippen molar-refractivity contribution >= 4 is 17.7 Å². The lowest BCUT2D eigenvalue weighted by atomic mass is 10.2.